The molecule has 4 heterocycles. The van der Waals surface area contributed by atoms with Gasteiger partial charge in [-0.15, -0.1) is 5.53 Å². The minimum absolute atomic E-state index is 0.218. The first-order chi connectivity index (χ1) is 18.0. The average Bonchev–Trinajstić information content (AvgIpc) is 3.58. The second kappa shape index (κ2) is 10.00. The predicted molar refractivity (Wildman–Crippen MR) is 136 cm³/mol. The van der Waals surface area contributed by atoms with E-state index < -0.39 is 11.7 Å². The number of aromatic nitrogens is 2. The Labute approximate surface area is 213 Å². The van der Waals surface area contributed by atoms with Crippen LogP contribution in [0.5, 0.6) is 5.75 Å². The number of rotatable bonds is 5. The largest absolute Gasteiger partial charge is 0.494 e. The number of nitrogens with one attached hydrogen (secondary N) is 2. The third kappa shape index (κ3) is 4.43. The molecule has 0 bridgehead atoms. The standard InChI is InChI=1S/C25H25N9O3/c1-31-8-13-34(30-31)24-21-20(19(37-2)15-28-24)18(14-27-21)22(35)25(36)33-11-9-32(10-12-33)23(29-16-26)17-6-4-3-5-7-17/h3-8,13-15,27,30H,9-12H2,1-2H3. The Morgan fingerprint density at radius 1 is 1.11 bits per heavy atom. The molecule has 2 aliphatic rings. The molecule has 12 heteroatoms. The fourth-order valence-corrected chi connectivity index (χ4v) is 4.47. The number of hydrogen-bond acceptors (Lipinski definition) is 9. The molecule has 1 aromatic carbocycles. The van der Waals surface area contributed by atoms with Gasteiger partial charge in [-0.2, -0.15) is 10.3 Å². The van der Waals surface area contributed by atoms with E-state index in [1.165, 1.54) is 24.4 Å². The number of amidine groups is 1. The number of aliphatic imine (C=N–C) groups is 1. The molecule has 1 saturated heterocycles. The lowest BCUT2D eigenvalue weighted by Crippen LogP contribution is -2.52. The number of aromatic amines is 1. The van der Waals surface area contributed by atoms with E-state index in [4.69, 9.17) is 4.74 Å². The van der Waals surface area contributed by atoms with E-state index in [9.17, 15) is 14.9 Å². The third-order valence-corrected chi connectivity index (χ3v) is 6.30. The fraction of sp³-hybridized carbons (Fsp3) is 0.240. The van der Waals surface area contributed by atoms with Crippen LogP contribution in [0.4, 0.5) is 5.82 Å². The van der Waals surface area contributed by atoms with Crippen LogP contribution >= 0.6 is 0 Å². The summed E-state index contributed by atoms with van der Waals surface area (Å²) in [5.74, 6) is 0.238. The van der Waals surface area contributed by atoms with Crippen LogP contribution in [0.3, 0.4) is 0 Å². The number of ether oxygens (including phenoxy) is 1. The summed E-state index contributed by atoms with van der Waals surface area (Å²) in [6.07, 6.45) is 8.52. The maximum Gasteiger partial charge on any atom is 0.295 e. The number of fused-ring (bicyclic) bond motifs is 1. The van der Waals surface area contributed by atoms with Crippen LogP contribution in [0.15, 0.2) is 60.1 Å². The number of nitrogens with zero attached hydrogens (tertiary/aromatic N) is 7. The van der Waals surface area contributed by atoms with Crippen molar-refractivity contribution in [2.24, 2.45) is 4.99 Å². The van der Waals surface area contributed by atoms with E-state index in [0.29, 0.717) is 54.5 Å². The fourth-order valence-electron chi connectivity index (χ4n) is 4.47. The highest BCUT2D eigenvalue weighted by atomic mass is 16.5. The Morgan fingerprint density at radius 2 is 1.84 bits per heavy atom. The van der Waals surface area contributed by atoms with Crippen LogP contribution in [-0.2, 0) is 4.79 Å². The monoisotopic (exact) mass is 499 g/mol. The molecule has 0 spiro atoms. The molecule has 37 heavy (non-hydrogen) atoms. The van der Waals surface area contributed by atoms with Gasteiger partial charge in [0.1, 0.15) is 11.6 Å². The molecule has 12 nitrogen and oxygen atoms in total. The molecule has 2 aliphatic heterocycles. The van der Waals surface area contributed by atoms with Crippen LogP contribution in [0.1, 0.15) is 15.9 Å². The smallest absolute Gasteiger partial charge is 0.295 e. The number of ketones is 1. The van der Waals surface area contributed by atoms with Crippen molar-refractivity contribution in [2.75, 3.05) is 45.3 Å². The van der Waals surface area contributed by atoms with Crippen LogP contribution in [0.2, 0.25) is 0 Å². The normalized spacial score (nSPS) is 15.9. The molecular formula is C25H25N9O3. The van der Waals surface area contributed by atoms with Gasteiger partial charge in [-0.1, -0.05) is 30.3 Å². The summed E-state index contributed by atoms with van der Waals surface area (Å²) in [7, 11) is 3.33. The van der Waals surface area contributed by atoms with Gasteiger partial charge < -0.3 is 19.5 Å². The average molecular weight is 500 g/mol. The lowest BCUT2D eigenvalue weighted by molar-refractivity contribution is -0.127. The zero-order chi connectivity index (χ0) is 25.9. The highest BCUT2D eigenvalue weighted by molar-refractivity contribution is 6.45. The summed E-state index contributed by atoms with van der Waals surface area (Å²) in [4.78, 5) is 41.7. The van der Waals surface area contributed by atoms with E-state index in [-0.39, 0.29) is 5.56 Å². The molecule has 0 atom stereocenters. The number of carbonyl (C=O) groups excluding carboxylic acids is 2. The molecule has 5 rings (SSSR count). The number of H-pyrrole nitrogens is 1. The van der Waals surface area contributed by atoms with Crippen LogP contribution < -0.4 is 15.3 Å². The third-order valence-electron chi connectivity index (χ3n) is 6.30. The molecule has 0 saturated carbocycles. The number of anilines is 1. The van der Waals surface area contributed by atoms with E-state index in [1.54, 1.807) is 16.2 Å². The van der Waals surface area contributed by atoms with E-state index >= 15 is 0 Å². The summed E-state index contributed by atoms with van der Waals surface area (Å²) in [5, 5.41) is 13.1. The van der Waals surface area contributed by atoms with Crippen molar-refractivity contribution in [2.45, 2.75) is 0 Å². The molecule has 2 N–H and O–H groups in total. The van der Waals surface area contributed by atoms with Gasteiger partial charge >= 0.3 is 0 Å². The van der Waals surface area contributed by atoms with Crippen molar-refractivity contribution in [1.29, 1.82) is 5.26 Å². The van der Waals surface area contributed by atoms with Gasteiger partial charge in [-0.05, 0) is 0 Å². The lowest BCUT2D eigenvalue weighted by atomic mass is 10.1. The first kappa shape index (κ1) is 23.8. The van der Waals surface area contributed by atoms with Gasteiger partial charge in [0.15, 0.2) is 5.82 Å². The molecule has 2 aromatic heterocycles. The Bertz CT molecular complexity index is 1430. The second-order valence-electron chi connectivity index (χ2n) is 8.49. The summed E-state index contributed by atoms with van der Waals surface area (Å²) in [5.41, 5.74) is 4.69. The second-order valence-corrected chi connectivity index (χ2v) is 8.49. The molecule has 1 fully saturated rings. The quantitative estimate of drug-likeness (QED) is 0.176. The van der Waals surface area contributed by atoms with Gasteiger partial charge in [0, 0.05) is 57.4 Å². The number of piperazine rings is 1. The minimum atomic E-state index is -0.633. The zero-order valence-corrected chi connectivity index (χ0v) is 20.4. The predicted octanol–water partition coefficient (Wildman–Crippen LogP) is 1.47. The van der Waals surface area contributed by atoms with Crippen molar-refractivity contribution in [3.8, 4) is 11.9 Å². The van der Waals surface area contributed by atoms with Crippen molar-refractivity contribution < 1.29 is 14.3 Å². The van der Waals surface area contributed by atoms with E-state index in [0.717, 1.165) is 5.56 Å². The highest BCUT2D eigenvalue weighted by Gasteiger charge is 2.31. The SMILES string of the molecule is COc1cnc(N2C=CN(C)N2)c2[nH]cc(C(=O)C(=O)N3CCN(C(=NC#N)c4ccccc4)CC3)c12. The number of methoxy groups -OCH3 is 1. The molecule has 0 unspecified atom stereocenters. The van der Waals surface area contributed by atoms with E-state index in [2.05, 4.69) is 20.5 Å². The maximum atomic E-state index is 13.4. The number of benzene rings is 1. The van der Waals surface area contributed by atoms with Crippen LogP contribution in [-0.4, -0.2) is 82.6 Å². The number of pyridine rings is 1. The number of hydrogen-bond donors (Lipinski definition) is 2. The van der Waals surface area contributed by atoms with Crippen molar-refractivity contribution in [3.05, 3.63) is 66.3 Å². The Kier molecular flexibility index (Phi) is 6.44. The number of carbonyl (C=O) groups is 2. The topological polar surface area (TPSA) is 133 Å². The Morgan fingerprint density at radius 3 is 2.49 bits per heavy atom. The maximum absolute atomic E-state index is 13.4. The first-order valence-corrected chi connectivity index (χ1v) is 11.6. The van der Waals surface area contributed by atoms with Crippen LogP contribution in [0, 0.1) is 11.5 Å². The first-order valence-electron chi connectivity index (χ1n) is 11.6. The summed E-state index contributed by atoms with van der Waals surface area (Å²) < 4.78 is 5.47. The van der Waals surface area contributed by atoms with Gasteiger partial charge in [-0.25, -0.2) is 9.99 Å². The zero-order valence-electron chi connectivity index (χ0n) is 20.4. The molecular weight excluding hydrogens is 474 g/mol. The Hall–Kier alpha value is -4.89. The van der Waals surface area contributed by atoms with Crippen molar-refractivity contribution >= 4 is 34.2 Å². The van der Waals surface area contributed by atoms with Gasteiger partial charge in [0.25, 0.3) is 11.7 Å². The number of nitriles is 1. The van der Waals surface area contributed by atoms with Gasteiger partial charge in [0.2, 0.25) is 6.19 Å². The highest BCUT2D eigenvalue weighted by Crippen LogP contribution is 2.34. The lowest BCUT2D eigenvalue weighted by Gasteiger charge is -2.36. The number of Topliss-reactive ketones (excluding diaryl/α,β-unsaturated/α-hetero) is 1. The number of hydrazine groups is 2. The molecule has 0 aliphatic carbocycles. The van der Waals surface area contributed by atoms with Crippen LogP contribution in [0.25, 0.3) is 10.9 Å². The molecule has 3 aromatic rings. The minimum Gasteiger partial charge on any atom is -0.494 e. The summed E-state index contributed by atoms with van der Waals surface area (Å²) in [6.45, 7) is 1.53. The summed E-state index contributed by atoms with van der Waals surface area (Å²) in [6, 6.07) is 9.43. The van der Waals surface area contributed by atoms with E-state index in [1.807, 2.05) is 54.7 Å². The molecule has 0 radical (unpaired) electrons. The Balaban J connectivity index is 1.35. The van der Waals surface area contributed by atoms with Gasteiger partial charge in [0.05, 0.1) is 29.8 Å². The molecule has 188 valence electrons. The van der Waals surface area contributed by atoms with Crippen molar-refractivity contribution in [1.82, 2.24) is 30.3 Å². The molecule has 1 amide bonds. The van der Waals surface area contributed by atoms with Crippen molar-refractivity contribution in [3.63, 3.8) is 0 Å². The summed E-state index contributed by atoms with van der Waals surface area (Å²) >= 11 is 0. The van der Waals surface area contributed by atoms with Gasteiger partial charge in [-0.3, -0.25) is 14.6 Å². The number of amides is 1.